The lowest BCUT2D eigenvalue weighted by atomic mass is 10.0. The highest BCUT2D eigenvalue weighted by Gasteiger charge is 2.30. The molecule has 2 heterocycles. The lowest BCUT2D eigenvalue weighted by molar-refractivity contribution is -0.124. The largest absolute Gasteiger partial charge is 0.369 e. The summed E-state index contributed by atoms with van der Waals surface area (Å²) in [5.74, 6) is 0.211. The molecule has 0 bridgehead atoms. The van der Waals surface area contributed by atoms with Crippen molar-refractivity contribution in [2.75, 3.05) is 37.0 Å². The monoisotopic (exact) mass is 355 g/mol. The minimum Gasteiger partial charge on any atom is -0.369 e. The number of carbonyl (C=O) groups is 1. The molecule has 26 heavy (non-hydrogen) atoms. The molecule has 6 nitrogen and oxygen atoms in total. The maximum absolute atomic E-state index is 13.1. The van der Waals surface area contributed by atoms with Gasteiger partial charge in [-0.3, -0.25) is 9.69 Å². The second kappa shape index (κ2) is 8.36. The van der Waals surface area contributed by atoms with Gasteiger partial charge in [0.05, 0.1) is 24.6 Å². The number of hydrogen-bond acceptors (Lipinski definition) is 4. The molecule has 0 aliphatic carbocycles. The summed E-state index contributed by atoms with van der Waals surface area (Å²) >= 11 is 0. The van der Waals surface area contributed by atoms with Gasteiger partial charge in [-0.1, -0.05) is 12.5 Å². The first-order valence-electron chi connectivity index (χ1n) is 9.40. The second-order valence-corrected chi connectivity index (χ2v) is 7.03. The van der Waals surface area contributed by atoms with Crippen molar-refractivity contribution >= 4 is 17.3 Å². The Bertz CT molecular complexity index is 715. The Balaban J connectivity index is 1.77. The summed E-state index contributed by atoms with van der Waals surface area (Å²) in [5, 5.41) is 0. The van der Waals surface area contributed by atoms with Crippen molar-refractivity contribution in [3.63, 3.8) is 0 Å². The van der Waals surface area contributed by atoms with E-state index >= 15 is 0 Å². The first kappa shape index (κ1) is 18.5. The van der Waals surface area contributed by atoms with Crippen LogP contribution in [0.15, 0.2) is 36.8 Å². The predicted molar refractivity (Wildman–Crippen MR) is 105 cm³/mol. The molecule has 1 amide bonds. The van der Waals surface area contributed by atoms with Crippen LogP contribution in [-0.4, -0.2) is 54.0 Å². The smallest absolute Gasteiger partial charge is 0.244 e. The molecule has 0 saturated carbocycles. The molecule has 1 atom stereocenters. The Morgan fingerprint density at radius 2 is 2.15 bits per heavy atom. The van der Waals surface area contributed by atoms with E-state index in [9.17, 15) is 4.79 Å². The highest BCUT2D eigenvalue weighted by atomic mass is 16.2. The first-order valence-corrected chi connectivity index (χ1v) is 9.40. The number of hydrogen-bond donors (Lipinski definition) is 1. The molecule has 1 aromatic carbocycles. The minimum absolute atomic E-state index is 0.00456. The summed E-state index contributed by atoms with van der Waals surface area (Å²) < 4.78 is 0. The Labute approximate surface area is 155 Å². The normalized spacial score (nSPS) is 17.9. The fourth-order valence-electron chi connectivity index (χ4n) is 3.65. The number of nitrogens with one attached hydrogen (secondary N) is 1. The van der Waals surface area contributed by atoms with Crippen molar-refractivity contribution in [3.8, 4) is 0 Å². The molecular weight excluding hydrogens is 326 g/mol. The number of rotatable bonds is 6. The molecule has 1 unspecified atom stereocenters. The van der Waals surface area contributed by atoms with Gasteiger partial charge in [-0.05, 0) is 51.6 Å². The molecular formula is C20H29N5O. The number of amides is 1. The number of aromatic amines is 1. The van der Waals surface area contributed by atoms with Gasteiger partial charge in [0.25, 0.3) is 0 Å². The molecule has 6 heteroatoms. The molecule has 3 rings (SSSR count). The van der Waals surface area contributed by atoms with Crippen LogP contribution in [0.2, 0.25) is 0 Å². The van der Waals surface area contributed by atoms with Gasteiger partial charge in [0.1, 0.15) is 0 Å². The van der Waals surface area contributed by atoms with Crippen LogP contribution < -0.4 is 9.80 Å². The van der Waals surface area contributed by atoms with E-state index in [-0.39, 0.29) is 11.9 Å². The van der Waals surface area contributed by atoms with Crippen LogP contribution in [-0.2, 0) is 11.3 Å². The molecule has 1 fully saturated rings. The molecule has 1 aliphatic rings. The number of anilines is 2. The van der Waals surface area contributed by atoms with Crippen molar-refractivity contribution in [2.24, 2.45) is 0 Å². The molecule has 0 spiro atoms. The van der Waals surface area contributed by atoms with E-state index in [1.165, 1.54) is 6.42 Å². The number of nitrogens with zero attached hydrogens (tertiary/aromatic N) is 4. The predicted octanol–water partition coefficient (Wildman–Crippen LogP) is 2.88. The zero-order valence-electron chi connectivity index (χ0n) is 16.0. The maximum atomic E-state index is 13.1. The van der Waals surface area contributed by atoms with Gasteiger partial charge < -0.3 is 14.8 Å². The van der Waals surface area contributed by atoms with Crippen LogP contribution in [0.3, 0.4) is 0 Å². The van der Waals surface area contributed by atoms with E-state index in [4.69, 9.17) is 0 Å². The van der Waals surface area contributed by atoms with E-state index in [1.807, 2.05) is 37.2 Å². The number of imidazole rings is 1. The van der Waals surface area contributed by atoms with Gasteiger partial charge in [-0.2, -0.15) is 0 Å². The van der Waals surface area contributed by atoms with Gasteiger partial charge >= 0.3 is 0 Å². The zero-order chi connectivity index (χ0) is 18.5. The lowest BCUT2D eigenvalue weighted by Gasteiger charge is -2.35. The quantitative estimate of drug-likeness (QED) is 0.866. The third-order valence-corrected chi connectivity index (χ3v) is 5.18. The van der Waals surface area contributed by atoms with E-state index in [0.29, 0.717) is 6.54 Å². The molecule has 1 N–H and O–H groups in total. The van der Waals surface area contributed by atoms with E-state index in [2.05, 4.69) is 38.9 Å². The molecule has 1 aliphatic heterocycles. The fraction of sp³-hybridized carbons (Fsp3) is 0.500. The van der Waals surface area contributed by atoms with Crippen molar-refractivity contribution in [2.45, 2.75) is 38.8 Å². The summed E-state index contributed by atoms with van der Waals surface area (Å²) in [4.78, 5) is 26.6. The lowest BCUT2D eigenvalue weighted by Crippen LogP contribution is -2.49. The SMILES string of the molecule is CCN(C(=O)C1CCCCN1C)c1cccc(N(C)Cc2cnc[nH]2)c1. The Morgan fingerprint density at radius 1 is 1.35 bits per heavy atom. The van der Waals surface area contributed by atoms with Crippen molar-refractivity contribution in [1.82, 2.24) is 14.9 Å². The maximum Gasteiger partial charge on any atom is 0.244 e. The highest BCUT2D eigenvalue weighted by Crippen LogP contribution is 2.25. The van der Waals surface area contributed by atoms with Crippen LogP contribution in [0.4, 0.5) is 11.4 Å². The number of benzene rings is 1. The van der Waals surface area contributed by atoms with E-state index in [0.717, 1.165) is 43.0 Å². The highest BCUT2D eigenvalue weighted by molar-refractivity contribution is 5.97. The number of likely N-dealkylation sites (N-methyl/N-ethyl adjacent to an activating group) is 2. The van der Waals surface area contributed by atoms with Gasteiger partial charge in [-0.25, -0.2) is 4.98 Å². The number of H-pyrrole nitrogens is 1. The Hall–Kier alpha value is -2.34. The summed E-state index contributed by atoms with van der Waals surface area (Å²) in [6.07, 6.45) is 6.79. The average Bonchev–Trinajstić information content (AvgIpc) is 3.16. The molecule has 140 valence electrons. The molecule has 1 aromatic heterocycles. The second-order valence-electron chi connectivity index (χ2n) is 7.03. The van der Waals surface area contributed by atoms with Gasteiger partial charge in [0, 0.05) is 31.2 Å². The number of aromatic nitrogens is 2. The minimum atomic E-state index is -0.00456. The van der Waals surface area contributed by atoms with Crippen LogP contribution in [0.1, 0.15) is 31.9 Å². The number of likely N-dealkylation sites (tertiary alicyclic amines) is 1. The zero-order valence-corrected chi connectivity index (χ0v) is 16.0. The number of carbonyl (C=O) groups excluding carboxylic acids is 1. The standard InChI is InChI=1S/C20H29N5O/c1-4-25(20(26)19-10-5-6-11-23(19)2)18-9-7-8-17(12-18)24(3)14-16-13-21-15-22-16/h7-9,12-13,15,19H,4-6,10-11,14H2,1-3H3,(H,21,22). The third-order valence-electron chi connectivity index (χ3n) is 5.18. The van der Waals surface area contributed by atoms with Crippen LogP contribution >= 0.6 is 0 Å². The number of piperidine rings is 1. The van der Waals surface area contributed by atoms with Crippen LogP contribution in [0.25, 0.3) is 0 Å². The summed E-state index contributed by atoms with van der Waals surface area (Å²) in [6, 6.07) is 8.22. The fourth-order valence-corrected chi connectivity index (χ4v) is 3.65. The van der Waals surface area contributed by atoms with Crippen molar-refractivity contribution in [1.29, 1.82) is 0 Å². The van der Waals surface area contributed by atoms with E-state index < -0.39 is 0 Å². The molecule has 1 saturated heterocycles. The van der Waals surface area contributed by atoms with Crippen LogP contribution in [0.5, 0.6) is 0 Å². The van der Waals surface area contributed by atoms with Crippen LogP contribution in [0, 0.1) is 0 Å². The van der Waals surface area contributed by atoms with Crippen molar-refractivity contribution < 1.29 is 4.79 Å². The molecule has 2 aromatic rings. The van der Waals surface area contributed by atoms with Gasteiger partial charge in [0.2, 0.25) is 5.91 Å². The topological polar surface area (TPSA) is 55.5 Å². The molecule has 0 radical (unpaired) electrons. The summed E-state index contributed by atoms with van der Waals surface area (Å²) in [5.41, 5.74) is 3.11. The van der Waals surface area contributed by atoms with E-state index in [1.54, 1.807) is 6.33 Å². The first-order chi connectivity index (χ1) is 12.6. The summed E-state index contributed by atoms with van der Waals surface area (Å²) in [7, 11) is 4.11. The van der Waals surface area contributed by atoms with Crippen molar-refractivity contribution in [3.05, 3.63) is 42.5 Å². The van der Waals surface area contributed by atoms with Gasteiger partial charge in [0.15, 0.2) is 0 Å². The summed E-state index contributed by atoms with van der Waals surface area (Å²) in [6.45, 7) is 4.47. The average molecular weight is 355 g/mol. The Kier molecular flexibility index (Phi) is 5.93. The Morgan fingerprint density at radius 3 is 2.85 bits per heavy atom. The van der Waals surface area contributed by atoms with Gasteiger partial charge in [-0.15, -0.1) is 0 Å². The third kappa shape index (κ3) is 4.07.